The van der Waals surface area contributed by atoms with Crippen LogP contribution in [0.15, 0.2) is 18.2 Å². The van der Waals surface area contributed by atoms with Gasteiger partial charge in [-0.3, -0.25) is 9.48 Å². The van der Waals surface area contributed by atoms with Crippen LogP contribution >= 0.6 is 0 Å². The molecule has 1 aromatic carbocycles. The van der Waals surface area contributed by atoms with Gasteiger partial charge < -0.3 is 4.74 Å². The summed E-state index contributed by atoms with van der Waals surface area (Å²) in [4.78, 5) is 12.5. The van der Waals surface area contributed by atoms with Gasteiger partial charge in [0.1, 0.15) is 12.3 Å². The van der Waals surface area contributed by atoms with Crippen LogP contribution in [0.5, 0.6) is 5.75 Å². The summed E-state index contributed by atoms with van der Waals surface area (Å²) in [5.74, 6) is 0.636. The van der Waals surface area contributed by atoms with Crippen molar-refractivity contribution in [2.45, 2.75) is 40.7 Å². The van der Waals surface area contributed by atoms with Gasteiger partial charge in [0, 0.05) is 5.69 Å². The number of Topliss-reactive ketones (excluding diaryl/α,β-unsaturated/α-hetero) is 1. The smallest absolute Gasteiger partial charge is 0.187 e. The molecule has 4 nitrogen and oxygen atoms in total. The number of carbonyl (C=O) groups is 1. The zero-order chi connectivity index (χ0) is 15.6. The summed E-state index contributed by atoms with van der Waals surface area (Å²) < 4.78 is 7.10. The highest BCUT2D eigenvalue weighted by Crippen LogP contribution is 2.22. The monoisotopic (exact) mass is 286 g/mol. The van der Waals surface area contributed by atoms with Crippen molar-refractivity contribution in [2.75, 3.05) is 7.11 Å². The number of rotatable bonds is 5. The Kier molecular flexibility index (Phi) is 4.46. The first kappa shape index (κ1) is 15.3. The van der Waals surface area contributed by atoms with Crippen molar-refractivity contribution in [2.24, 2.45) is 0 Å². The lowest BCUT2D eigenvalue weighted by Gasteiger charge is -2.09. The molecule has 0 saturated heterocycles. The van der Waals surface area contributed by atoms with E-state index < -0.39 is 0 Å². The SMILES string of the molecule is CCc1c(C)nn(CC(=O)c2ccc(C)cc2OC)c1C. The Labute approximate surface area is 125 Å². The van der Waals surface area contributed by atoms with Crippen LogP contribution in [0.2, 0.25) is 0 Å². The molecule has 0 atom stereocenters. The lowest BCUT2D eigenvalue weighted by Crippen LogP contribution is -2.14. The highest BCUT2D eigenvalue weighted by Gasteiger charge is 2.16. The van der Waals surface area contributed by atoms with E-state index in [1.165, 1.54) is 5.56 Å². The molecule has 0 spiro atoms. The van der Waals surface area contributed by atoms with Gasteiger partial charge >= 0.3 is 0 Å². The summed E-state index contributed by atoms with van der Waals surface area (Å²) in [6.07, 6.45) is 0.930. The second-order valence-corrected chi connectivity index (χ2v) is 5.29. The first-order valence-corrected chi connectivity index (χ1v) is 7.18. The average molecular weight is 286 g/mol. The summed E-state index contributed by atoms with van der Waals surface area (Å²) in [6.45, 7) is 8.32. The maximum absolute atomic E-state index is 12.5. The lowest BCUT2D eigenvalue weighted by molar-refractivity contribution is 0.0963. The molecule has 1 heterocycles. The molecule has 0 amide bonds. The maximum Gasteiger partial charge on any atom is 0.187 e. The van der Waals surface area contributed by atoms with Crippen LogP contribution in [0.3, 0.4) is 0 Å². The molecule has 0 aliphatic carbocycles. The number of aryl methyl sites for hydroxylation is 2. The van der Waals surface area contributed by atoms with E-state index in [0.29, 0.717) is 11.3 Å². The third-order valence-corrected chi connectivity index (χ3v) is 3.84. The Bertz CT molecular complexity index is 672. The van der Waals surface area contributed by atoms with E-state index in [2.05, 4.69) is 12.0 Å². The minimum Gasteiger partial charge on any atom is -0.496 e. The molecular weight excluding hydrogens is 264 g/mol. The van der Waals surface area contributed by atoms with E-state index in [9.17, 15) is 4.79 Å². The number of methoxy groups -OCH3 is 1. The van der Waals surface area contributed by atoms with Crippen molar-refractivity contribution in [3.05, 3.63) is 46.3 Å². The van der Waals surface area contributed by atoms with Gasteiger partial charge in [-0.1, -0.05) is 13.0 Å². The minimum atomic E-state index is 0.0140. The van der Waals surface area contributed by atoms with Gasteiger partial charge in [0.25, 0.3) is 0 Å². The van der Waals surface area contributed by atoms with Crippen LogP contribution in [0, 0.1) is 20.8 Å². The van der Waals surface area contributed by atoms with E-state index in [1.807, 2.05) is 39.0 Å². The zero-order valence-corrected chi connectivity index (χ0v) is 13.4. The molecule has 21 heavy (non-hydrogen) atoms. The summed E-state index contributed by atoms with van der Waals surface area (Å²) in [7, 11) is 1.59. The molecule has 112 valence electrons. The van der Waals surface area contributed by atoms with Gasteiger partial charge in [-0.25, -0.2) is 0 Å². The van der Waals surface area contributed by atoms with Gasteiger partial charge in [-0.15, -0.1) is 0 Å². The number of nitrogens with zero attached hydrogens (tertiary/aromatic N) is 2. The Morgan fingerprint density at radius 2 is 2.00 bits per heavy atom. The molecule has 0 fully saturated rings. The fraction of sp³-hybridized carbons (Fsp3) is 0.412. The molecule has 0 N–H and O–H groups in total. The van der Waals surface area contributed by atoms with Crippen LogP contribution < -0.4 is 4.74 Å². The molecule has 2 rings (SSSR count). The fourth-order valence-electron chi connectivity index (χ4n) is 2.65. The maximum atomic E-state index is 12.5. The highest BCUT2D eigenvalue weighted by atomic mass is 16.5. The van der Waals surface area contributed by atoms with Crippen LogP contribution in [-0.4, -0.2) is 22.7 Å². The Morgan fingerprint density at radius 1 is 1.29 bits per heavy atom. The van der Waals surface area contributed by atoms with Crippen LogP contribution in [0.25, 0.3) is 0 Å². The summed E-state index contributed by atoms with van der Waals surface area (Å²) in [5, 5.41) is 4.47. The second kappa shape index (κ2) is 6.12. The van der Waals surface area contributed by atoms with Crippen molar-refractivity contribution in [1.82, 2.24) is 9.78 Å². The molecule has 0 bridgehead atoms. The van der Waals surface area contributed by atoms with Gasteiger partial charge in [-0.05, 0) is 50.5 Å². The van der Waals surface area contributed by atoms with Gasteiger partial charge in [0.2, 0.25) is 0 Å². The molecule has 2 aromatic rings. The number of ketones is 1. The van der Waals surface area contributed by atoms with Crippen LogP contribution in [-0.2, 0) is 13.0 Å². The number of hydrogen-bond acceptors (Lipinski definition) is 3. The first-order valence-electron chi connectivity index (χ1n) is 7.18. The molecule has 0 radical (unpaired) electrons. The first-order chi connectivity index (χ1) is 9.97. The van der Waals surface area contributed by atoms with E-state index in [0.717, 1.165) is 23.4 Å². The fourth-order valence-corrected chi connectivity index (χ4v) is 2.65. The van der Waals surface area contributed by atoms with Gasteiger partial charge in [0.05, 0.1) is 18.4 Å². The lowest BCUT2D eigenvalue weighted by atomic mass is 10.1. The molecule has 4 heteroatoms. The second-order valence-electron chi connectivity index (χ2n) is 5.29. The van der Waals surface area contributed by atoms with E-state index in [-0.39, 0.29) is 12.3 Å². The third kappa shape index (κ3) is 2.99. The van der Waals surface area contributed by atoms with Crippen molar-refractivity contribution in [3.8, 4) is 5.75 Å². The molecule has 0 unspecified atom stereocenters. The number of carbonyl (C=O) groups excluding carboxylic acids is 1. The molecule has 0 aliphatic heterocycles. The predicted molar refractivity (Wildman–Crippen MR) is 83.1 cm³/mol. The van der Waals surface area contributed by atoms with Gasteiger partial charge in [0.15, 0.2) is 5.78 Å². The van der Waals surface area contributed by atoms with Crippen molar-refractivity contribution in [3.63, 3.8) is 0 Å². The van der Waals surface area contributed by atoms with E-state index >= 15 is 0 Å². The van der Waals surface area contributed by atoms with Crippen molar-refractivity contribution < 1.29 is 9.53 Å². The molecule has 0 aliphatic rings. The number of aromatic nitrogens is 2. The van der Waals surface area contributed by atoms with Crippen LogP contribution in [0.1, 0.15) is 39.8 Å². The predicted octanol–water partition coefficient (Wildman–Crippen LogP) is 3.26. The zero-order valence-electron chi connectivity index (χ0n) is 13.4. The molecular formula is C17H22N2O2. The Morgan fingerprint density at radius 3 is 2.57 bits per heavy atom. The molecule has 1 aromatic heterocycles. The third-order valence-electron chi connectivity index (χ3n) is 3.84. The number of benzene rings is 1. The van der Waals surface area contributed by atoms with Crippen molar-refractivity contribution >= 4 is 5.78 Å². The van der Waals surface area contributed by atoms with Crippen LogP contribution in [0.4, 0.5) is 0 Å². The van der Waals surface area contributed by atoms with Gasteiger partial charge in [-0.2, -0.15) is 5.10 Å². The summed E-state index contributed by atoms with van der Waals surface area (Å²) in [5.41, 5.74) is 4.96. The largest absolute Gasteiger partial charge is 0.496 e. The Balaban J connectivity index is 2.30. The highest BCUT2D eigenvalue weighted by molar-refractivity contribution is 5.98. The normalized spacial score (nSPS) is 10.7. The van der Waals surface area contributed by atoms with E-state index in [4.69, 9.17) is 4.74 Å². The van der Waals surface area contributed by atoms with E-state index in [1.54, 1.807) is 11.8 Å². The van der Waals surface area contributed by atoms with Crippen molar-refractivity contribution in [1.29, 1.82) is 0 Å². The molecule has 0 saturated carbocycles. The minimum absolute atomic E-state index is 0.0140. The quantitative estimate of drug-likeness (QED) is 0.792. The topological polar surface area (TPSA) is 44.1 Å². The standard InChI is InChI=1S/C17H22N2O2/c1-6-14-12(3)18-19(13(14)4)10-16(20)15-8-7-11(2)9-17(15)21-5/h7-9H,6,10H2,1-5H3. The summed E-state index contributed by atoms with van der Waals surface area (Å²) >= 11 is 0. The number of hydrogen-bond donors (Lipinski definition) is 0. The average Bonchev–Trinajstić information content (AvgIpc) is 2.72. The Hall–Kier alpha value is -2.10. The number of ether oxygens (including phenoxy) is 1. The summed E-state index contributed by atoms with van der Waals surface area (Å²) in [6, 6.07) is 5.63.